The van der Waals surface area contributed by atoms with Crippen molar-refractivity contribution in [1.82, 2.24) is 0 Å². The Kier molecular flexibility index (Phi) is 4.99. The topological polar surface area (TPSA) is 60.2 Å². The van der Waals surface area contributed by atoms with Gasteiger partial charge >= 0.3 is 6.18 Å². The summed E-state index contributed by atoms with van der Waals surface area (Å²) >= 11 is 0. The number of sulfonamides is 1. The molecule has 0 aliphatic heterocycles. The lowest BCUT2D eigenvalue weighted by atomic mass is 9.93. The summed E-state index contributed by atoms with van der Waals surface area (Å²) in [5.41, 5.74) is -0.776. The van der Waals surface area contributed by atoms with Crippen LogP contribution in [-0.2, 0) is 16.2 Å². The zero-order valence-electron chi connectivity index (χ0n) is 14.0. The van der Waals surface area contributed by atoms with E-state index < -0.39 is 33.4 Å². The molecule has 0 aliphatic rings. The molecule has 0 fully saturated rings. The van der Waals surface area contributed by atoms with Crippen molar-refractivity contribution in [2.45, 2.75) is 11.1 Å². The molecule has 3 nitrogen and oxygen atoms in total. The summed E-state index contributed by atoms with van der Waals surface area (Å²) in [5.74, 6) is -2.47. The summed E-state index contributed by atoms with van der Waals surface area (Å²) < 4.78 is 89.8. The average Bonchev–Trinajstić information content (AvgIpc) is 2.62. The molecular formula is C19H12F5NO2S. The van der Waals surface area contributed by atoms with Crippen LogP contribution in [0.25, 0.3) is 22.3 Å². The average molecular weight is 413 g/mol. The lowest BCUT2D eigenvalue weighted by molar-refractivity contribution is -0.137. The Balaban J connectivity index is 2.27. The van der Waals surface area contributed by atoms with Gasteiger partial charge in [0, 0.05) is 5.56 Å². The molecule has 9 heteroatoms. The predicted octanol–water partition coefficient (Wildman–Crippen LogP) is 4.97. The van der Waals surface area contributed by atoms with Crippen molar-refractivity contribution in [3.63, 3.8) is 0 Å². The van der Waals surface area contributed by atoms with Gasteiger partial charge in [-0.3, -0.25) is 0 Å². The summed E-state index contributed by atoms with van der Waals surface area (Å²) in [4.78, 5) is -0.325. The van der Waals surface area contributed by atoms with Crippen LogP contribution in [0.15, 0.2) is 65.6 Å². The zero-order valence-corrected chi connectivity index (χ0v) is 14.8. The Morgan fingerprint density at radius 3 is 1.82 bits per heavy atom. The number of primary sulfonamides is 1. The highest BCUT2D eigenvalue weighted by Gasteiger charge is 2.30. The monoisotopic (exact) mass is 413 g/mol. The molecule has 0 radical (unpaired) electrons. The number of rotatable bonds is 3. The highest BCUT2D eigenvalue weighted by molar-refractivity contribution is 7.89. The summed E-state index contributed by atoms with van der Waals surface area (Å²) in [6, 6.07) is 10.8. The maximum atomic E-state index is 13.9. The summed E-state index contributed by atoms with van der Waals surface area (Å²) in [6.07, 6.45) is -4.56. The molecule has 2 N–H and O–H groups in total. The van der Waals surface area contributed by atoms with Gasteiger partial charge in [0.05, 0.1) is 10.5 Å². The predicted molar refractivity (Wildman–Crippen MR) is 93.6 cm³/mol. The lowest BCUT2D eigenvalue weighted by Crippen LogP contribution is -2.13. The fourth-order valence-electron chi connectivity index (χ4n) is 2.78. The largest absolute Gasteiger partial charge is 0.416 e. The van der Waals surface area contributed by atoms with Crippen molar-refractivity contribution in [3.8, 4) is 22.3 Å². The molecule has 3 rings (SSSR count). The van der Waals surface area contributed by atoms with E-state index >= 15 is 0 Å². The smallest absolute Gasteiger partial charge is 0.225 e. The first-order valence-electron chi connectivity index (χ1n) is 7.77. The van der Waals surface area contributed by atoms with Crippen LogP contribution in [0.4, 0.5) is 22.0 Å². The minimum Gasteiger partial charge on any atom is -0.225 e. The summed E-state index contributed by atoms with van der Waals surface area (Å²) in [6.45, 7) is 0. The third-order valence-corrected chi connectivity index (χ3v) is 5.04. The number of hydrogen-bond donors (Lipinski definition) is 1. The normalized spacial score (nSPS) is 12.2. The van der Waals surface area contributed by atoms with Crippen molar-refractivity contribution >= 4 is 10.0 Å². The molecule has 0 heterocycles. The van der Waals surface area contributed by atoms with Gasteiger partial charge in [0.25, 0.3) is 0 Å². The second kappa shape index (κ2) is 6.99. The number of benzene rings is 3. The van der Waals surface area contributed by atoms with Gasteiger partial charge in [-0.25, -0.2) is 22.3 Å². The molecule has 0 saturated carbocycles. The molecule has 0 bridgehead atoms. The van der Waals surface area contributed by atoms with Gasteiger partial charge < -0.3 is 0 Å². The van der Waals surface area contributed by atoms with E-state index in [1.165, 1.54) is 24.3 Å². The van der Waals surface area contributed by atoms with Crippen molar-refractivity contribution in [2.24, 2.45) is 5.14 Å². The molecule has 0 atom stereocenters. The van der Waals surface area contributed by atoms with Crippen LogP contribution < -0.4 is 5.14 Å². The fraction of sp³-hybridized carbons (Fsp3) is 0.0526. The van der Waals surface area contributed by atoms with E-state index in [1.54, 1.807) is 0 Å². The highest BCUT2D eigenvalue weighted by Crippen LogP contribution is 2.38. The van der Waals surface area contributed by atoms with Crippen LogP contribution in [0.2, 0.25) is 0 Å². The minimum absolute atomic E-state index is 0.00111. The van der Waals surface area contributed by atoms with Crippen molar-refractivity contribution in [3.05, 3.63) is 77.9 Å². The highest BCUT2D eigenvalue weighted by atomic mass is 32.2. The molecule has 28 heavy (non-hydrogen) atoms. The molecule has 0 unspecified atom stereocenters. The Morgan fingerprint density at radius 2 is 1.29 bits per heavy atom. The molecule has 0 saturated heterocycles. The fourth-order valence-corrected chi connectivity index (χ4v) is 3.54. The first-order chi connectivity index (χ1) is 13.0. The number of hydrogen-bond acceptors (Lipinski definition) is 2. The molecule has 146 valence electrons. The van der Waals surface area contributed by atoms with Crippen LogP contribution in [0.3, 0.4) is 0 Å². The summed E-state index contributed by atoms with van der Waals surface area (Å²) in [7, 11) is -4.19. The number of halogens is 5. The first-order valence-corrected chi connectivity index (χ1v) is 9.32. The number of nitrogens with two attached hydrogens (primary N) is 1. The maximum absolute atomic E-state index is 13.9. The van der Waals surface area contributed by atoms with Crippen LogP contribution in [0, 0.1) is 11.6 Å². The third kappa shape index (κ3) is 3.90. The van der Waals surface area contributed by atoms with Gasteiger partial charge in [0.1, 0.15) is 0 Å². The van der Waals surface area contributed by atoms with E-state index in [9.17, 15) is 30.4 Å². The van der Waals surface area contributed by atoms with E-state index in [1.807, 2.05) is 0 Å². The van der Waals surface area contributed by atoms with Crippen molar-refractivity contribution in [1.29, 1.82) is 0 Å². The zero-order chi connectivity index (χ0) is 20.7. The van der Waals surface area contributed by atoms with E-state index in [0.717, 1.165) is 36.4 Å². The summed E-state index contributed by atoms with van der Waals surface area (Å²) in [5, 5.41) is 5.20. The first kappa shape index (κ1) is 20.0. The molecular weight excluding hydrogens is 401 g/mol. The van der Waals surface area contributed by atoms with E-state index in [4.69, 9.17) is 5.14 Å². The van der Waals surface area contributed by atoms with Gasteiger partial charge in [-0.1, -0.05) is 30.3 Å². The maximum Gasteiger partial charge on any atom is 0.416 e. The Bertz CT molecular complexity index is 1140. The van der Waals surface area contributed by atoms with Crippen LogP contribution in [0.5, 0.6) is 0 Å². The standard InChI is InChI=1S/C19H12F5NO2S/c20-16-9-14(11-5-7-12(8-6-11)19(22,23)24)15(10-17(16)21)13-3-1-2-4-18(13)28(25,26)27/h1-10H,(H2,25,26,27). The molecule has 0 aromatic heterocycles. The Hall–Kier alpha value is -2.78. The van der Waals surface area contributed by atoms with E-state index in [0.29, 0.717) is 0 Å². The molecule has 3 aromatic rings. The van der Waals surface area contributed by atoms with Gasteiger partial charge in [-0.15, -0.1) is 0 Å². The molecule has 3 aromatic carbocycles. The van der Waals surface area contributed by atoms with Gasteiger partial charge in [-0.2, -0.15) is 13.2 Å². The Morgan fingerprint density at radius 1 is 0.750 bits per heavy atom. The van der Waals surface area contributed by atoms with E-state index in [-0.39, 0.29) is 27.1 Å². The van der Waals surface area contributed by atoms with Crippen LogP contribution >= 0.6 is 0 Å². The van der Waals surface area contributed by atoms with E-state index in [2.05, 4.69) is 0 Å². The SMILES string of the molecule is NS(=O)(=O)c1ccccc1-c1cc(F)c(F)cc1-c1ccc(C(F)(F)F)cc1. The Labute approximate surface area is 157 Å². The molecule has 0 spiro atoms. The molecule has 0 amide bonds. The number of alkyl halides is 3. The minimum atomic E-state index is -4.56. The quantitative estimate of drug-likeness (QED) is 0.617. The lowest BCUT2D eigenvalue weighted by Gasteiger charge is -2.15. The second-order valence-electron chi connectivity index (χ2n) is 5.93. The second-order valence-corrected chi connectivity index (χ2v) is 7.46. The van der Waals surface area contributed by atoms with Gasteiger partial charge in [-0.05, 0) is 47.0 Å². The van der Waals surface area contributed by atoms with Crippen LogP contribution in [-0.4, -0.2) is 8.42 Å². The molecule has 0 aliphatic carbocycles. The van der Waals surface area contributed by atoms with Gasteiger partial charge in [0.2, 0.25) is 10.0 Å². The van der Waals surface area contributed by atoms with Gasteiger partial charge in [0.15, 0.2) is 11.6 Å². The van der Waals surface area contributed by atoms with Crippen molar-refractivity contribution < 1.29 is 30.4 Å². The third-order valence-electron chi connectivity index (χ3n) is 4.07. The van der Waals surface area contributed by atoms with Crippen LogP contribution in [0.1, 0.15) is 5.56 Å². The van der Waals surface area contributed by atoms with Crippen molar-refractivity contribution in [2.75, 3.05) is 0 Å².